The topological polar surface area (TPSA) is 51.2 Å². The molecule has 3 nitrogen and oxygen atoms in total. The minimum Gasteiger partial charge on any atom is -0.466 e. The number of nitrogens with one attached hydrogen (secondary N) is 1. The van der Waals surface area contributed by atoms with Crippen molar-refractivity contribution < 1.29 is 8.81 Å². The largest absolute Gasteiger partial charge is 0.466 e. The maximum atomic E-state index is 13.4. The van der Waals surface area contributed by atoms with Crippen LogP contribution in [0.5, 0.6) is 0 Å². The summed E-state index contributed by atoms with van der Waals surface area (Å²) < 4.78 is 18.9. The van der Waals surface area contributed by atoms with Crippen LogP contribution in [0.3, 0.4) is 0 Å². The molecule has 2 aromatic rings. The fourth-order valence-electron chi connectivity index (χ4n) is 2.21. The number of furan rings is 1. The summed E-state index contributed by atoms with van der Waals surface area (Å²) in [7, 11) is 0. The molecule has 4 heteroatoms. The molecule has 1 heterocycles. The van der Waals surface area contributed by atoms with Gasteiger partial charge in [-0.05, 0) is 50.1 Å². The quantitative estimate of drug-likeness (QED) is 0.648. The number of aryl methyl sites for hydroxylation is 3. The second-order valence-electron chi connectivity index (χ2n) is 4.47. The highest BCUT2D eigenvalue weighted by Gasteiger charge is 2.20. The minimum absolute atomic E-state index is 0.266. The second-order valence-corrected chi connectivity index (χ2v) is 4.47. The average molecular weight is 248 g/mol. The van der Waals surface area contributed by atoms with E-state index in [9.17, 15) is 4.39 Å². The summed E-state index contributed by atoms with van der Waals surface area (Å²) in [5.41, 5.74) is 5.47. The Kier molecular flexibility index (Phi) is 3.50. The molecule has 0 bridgehead atoms. The summed E-state index contributed by atoms with van der Waals surface area (Å²) in [6, 6.07) is 6.35. The molecule has 18 heavy (non-hydrogen) atoms. The smallest absolute Gasteiger partial charge is 0.123 e. The predicted octanol–water partition coefficient (Wildman–Crippen LogP) is 2.90. The van der Waals surface area contributed by atoms with E-state index in [0.717, 1.165) is 28.2 Å². The molecule has 3 N–H and O–H groups in total. The first-order chi connectivity index (χ1) is 8.52. The molecule has 0 radical (unpaired) electrons. The SMILES string of the molecule is Cc1cc(C(NN)c2cc(F)ccc2C)c(C)o1. The maximum Gasteiger partial charge on any atom is 0.123 e. The highest BCUT2D eigenvalue weighted by atomic mass is 19.1. The van der Waals surface area contributed by atoms with Gasteiger partial charge in [0.05, 0.1) is 6.04 Å². The number of benzene rings is 1. The lowest BCUT2D eigenvalue weighted by molar-refractivity contribution is 0.494. The van der Waals surface area contributed by atoms with Gasteiger partial charge in [0, 0.05) is 5.56 Å². The molecule has 1 unspecified atom stereocenters. The van der Waals surface area contributed by atoms with Crippen LogP contribution in [0.25, 0.3) is 0 Å². The third-order valence-corrected chi connectivity index (χ3v) is 3.11. The number of hydrogen-bond donors (Lipinski definition) is 2. The van der Waals surface area contributed by atoms with Crippen LogP contribution in [-0.2, 0) is 0 Å². The zero-order valence-corrected chi connectivity index (χ0v) is 10.8. The normalized spacial score (nSPS) is 12.7. The van der Waals surface area contributed by atoms with E-state index >= 15 is 0 Å². The lowest BCUT2D eigenvalue weighted by Crippen LogP contribution is -2.29. The zero-order chi connectivity index (χ0) is 13.3. The van der Waals surface area contributed by atoms with Gasteiger partial charge in [-0.15, -0.1) is 0 Å². The van der Waals surface area contributed by atoms with E-state index in [4.69, 9.17) is 10.3 Å². The number of hydrogen-bond acceptors (Lipinski definition) is 3. The average Bonchev–Trinajstić information content (AvgIpc) is 2.64. The molecule has 0 aliphatic heterocycles. The van der Waals surface area contributed by atoms with Crippen LogP contribution < -0.4 is 11.3 Å². The van der Waals surface area contributed by atoms with Gasteiger partial charge in [-0.2, -0.15) is 0 Å². The zero-order valence-electron chi connectivity index (χ0n) is 10.8. The first-order valence-corrected chi connectivity index (χ1v) is 5.82. The summed E-state index contributed by atoms with van der Waals surface area (Å²) in [5.74, 6) is 6.96. The Morgan fingerprint density at radius 2 is 1.89 bits per heavy atom. The van der Waals surface area contributed by atoms with Gasteiger partial charge in [-0.3, -0.25) is 5.84 Å². The second kappa shape index (κ2) is 4.92. The fraction of sp³-hybridized carbons (Fsp3) is 0.286. The summed E-state index contributed by atoms with van der Waals surface area (Å²) in [4.78, 5) is 0. The Morgan fingerprint density at radius 1 is 1.17 bits per heavy atom. The van der Waals surface area contributed by atoms with Crippen molar-refractivity contribution >= 4 is 0 Å². The molecule has 0 spiro atoms. The molecule has 0 saturated carbocycles. The monoisotopic (exact) mass is 248 g/mol. The number of halogens is 1. The van der Waals surface area contributed by atoms with Gasteiger partial charge in [0.15, 0.2) is 0 Å². The van der Waals surface area contributed by atoms with Crippen molar-refractivity contribution in [3.05, 3.63) is 58.3 Å². The van der Waals surface area contributed by atoms with Gasteiger partial charge in [0.1, 0.15) is 17.3 Å². The van der Waals surface area contributed by atoms with Crippen LogP contribution in [0.15, 0.2) is 28.7 Å². The highest BCUT2D eigenvalue weighted by Crippen LogP contribution is 2.29. The Labute approximate surface area is 106 Å². The number of nitrogens with two attached hydrogens (primary N) is 1. The molecule has 0 amide bonds. The van der Waals surface area contributed by atoms with Crippen molar-refractivity contribution in [2.45, 2.75) is 26.8 Å². The minimum atomic E-state index is -0.270. The lowest BCUT2D eigenvalue weighted by Gasteiger charge is -2.18. The molecule has 2 rings (SSSR count). The standard InChI is InChI=1S/C14H17FN2O/c1-8-4-5-11(15)7-12(8)14(17-16)13-6-9(2)18-10(13)3/h4-7,14,17H,16H2,1-3H3. The molecule has 96 valence electrons. The van der Waals surface area contributed by atoms with E-state index in [-0.39, 0.29) is 11.9 Å². The molecule has 1 atom stereocenters. The van der Waals surface area contributed by atoms with Crippen molar-refractivity contribution in [2.24, 2.45) is 5.84 Å². The van der Waals surface area contributed by atoms with Crippen LogP contribution >= 0.6 is 0 Å². The third kappa shape index (κ3) is 2.30. The third-order valence-electron chi connectivity index (χ3n) is 3.11. The van der Waals surface area contributed by atoms with Crippen molar-refractivity contribution in [1.29, 1.82) is 0 Å². The fourth-order valence-corrected chi connectivity index (χ4v) is 2.21. The Hall–Kier alpha value is -1.65. The van der Waals surface area contributed by atoms with Gasteiger partial charge in [0.2, 0.25) is 0 Å². The summed E-state index contributed by atoms with van der Waals surface area (Å²) >= 11 is 0. The predicted molar refractivity (Wildman–Crippen MR) is 68.5 cm³/mol. The van der Waals surface area contributed by atoms with E-state index in [0.29, 0.717) is 0 Å². The molecule has 0 aliphatic rings. The Bertz CT molecular complexity index is 563. The highest BCUT2D eigenvalue weighted by molar-refractivity contribution is 5.38. The van der Waals surface area contributed by atoms with E-state index < -0.39 is 0 Å². The van der Waals surface area contributed by atoms with E-state index in [2.05, 4.69) is 5.43 Å². The molecule has 0 aliphatic carbocycles. The summed E-state index contributed by atoms with van der Waals surface area (Å²) in [6.07, 6.45) is 0. The van der Waals surface area contributed by atoms with Crippen molar-refractivity contribution in [3.8, 4) is 0 Å². The van der Waals surface area contributed by atoms with Crippen LogP contribution in [0.4, 0.5) is 4.39 Å². The summed E-state index contributed by atoms with van der Waals surface area (Å²) in [6.45, 7) is 5.69. The number of hydrazine groups is 1. The molecular weight excluding hydrogens is 231 g/mol. The van der Waals surface area contributed by atoms with Crippen molar-refractivity contribution in [1.82, 2.24) is 5.43 Å². The van der Waals surface area contributed by atoms with E-state index in [1.165, 1.54) is 12.1 Å². The Balaban J connectivity index is 2.51. The summed E-state index contributed by atoms with van der Waals surface area (Å²) in [5, 5.41) is 0. The van der Waals surface area contributed by atoms with Gasteiger partial charge in [0.25, 0.3) is 0 Å². The van der Waals surface area contributed by atoms with Crippen molar-refractivity contribution in [2.75, 3.05) is 0 Å². The van der Waals surface area contributed by atoms with Crippen LogP contribution in [-0.4, -0.2) is 0 Å². The van der Waals surface area contributed by atoms with E-state index in [1.54, 1.807) is 6.07 Å². The Morgan fingerprint density at radius 3 is 2.44 bits per heavy atom. The van der Waals surface area contributed by atoms with Gasteiger partial charge < -0.3 is 4.42 Å². The van der Waals surface area contributed by atoms with Gasteiger partial charge in [-0.1, -0.05) is 6.07 Å². The van der Waals surface area contributed by atoms with Gasteiger partial charge >= 0.3 is 0 Å². The van der Waals surface area contributed by atoms with Crippen molar-refractivity contribution in [3.63, 3.8) is 0 Å². The molecular formula is C14H17FN2O. The molecule has 1 aromatic carbocycles. The van der Waals surface area contributed by atoms with Crippen LogP contribution in [0.1, 0.15) is 34.3 Å². The molecule has 1 aromatic heterocycles. The van der Waals surface area contributed by atoms with Crippen LogP contribution in [0, 0.1) is 26.6 Å². The maximum absolute atomic E-state index is 13.4. The van der Waals surface area contributed by atoms with E-state index in [1.807, 2.05) is 26.8 Å². The first-order valence-electron chi connectivity index (χ1n) is 5.82. The molecule has 0 saturated heterocycles. The molecule has 0 fully saturated rings. The van der Waals surface area contributed by atoms with Crippen LogP contribution in [0.2, 0.25) is 0 Å². The lowest BCUT2D eigenvalue weighted by atomic mass is 9.95. The van der Waals surface area contributed by atoms with Gasteiger partial charge in [-0.25, -0.2) is 9.82 Å². The first kappa shape index (κ1) is 12.8. The number of rotatable bonds is 3.